The van der Waals surface area contributed by atoms with Crippen molar-refractivity contribution in [3.8, 4) is 0 Å². The number of nitrogens with zero attached hydrogens (tertiary/aromatic N) is 2. The van der Waals surface area contributed by atoms with Gasteiger partial charge < -0.3 is 9.71 Å². The van der Waals surface area contributed by atoms with Gasteiger partial charge in [-0.2, -0.15) is 0 Å². The normalized spacial score (nSPS) is 19.4. The molecule has 0 unspecified atom stereocenters. The van der Waals surface area contributed by atoms with Crippen molar-refractivity contribution in [2.45, 2.75) is 6.92 Å². The molecule has 1 aliphatic rings. The first-order chi connectivity index (χ1) is 4.25. The molecule has 0 N–H and O–H groups in total. The monoisotopic (exact) mass is 126 g/mol. The smallest absolute Gasteiger partial charge is 0.307 e. The molecular weight excluding hydrogens is 115 g/mol. The van der Waals surface area contributed by atoms with E-state index in [1.54, 1.807) is 4.81 Å². The van der Waals surface area contributed by atoms with Crippen molar-refractivity contribution in [2.75, 3.05) is 19.6 Å². The summed E-state index contributed by atoms with van der Waals surface area (Å²) >= 11 is 0. The molecule has 1 heterocycles. The van der Waals surface area contributed by atoms with Crippen LogP contribution in [-0.4, -0.2) is 43.4 Å². The zero-order valence-electron chi connectivity index (χ0n) is 5.92. The summed E-state index contributed by atoms with van der Waals surface area (Å²) in [5.74, 6) is 0. The predicted octanol–water partition coefficient (Wildman–Crippen LogP) is -0.708. The Bertz CT molecular complexity index is 128. The van der Waals surface area contributed by atoms with E-state index in [2.05, 4.69) is 0 Å². The number of hydrogen-bond donors (Lipinski definition) is 0. The topological polar surface area (TPSA) is 23.6 Å². The average Bonchev–Trinajstić information content (AvgIpc) is 2.15. The fraction of sp³-hybridized carbons (Fsp3) is 0.800. The molecule has 0 aliphatic carbocycles. The number of urea groups is 1. The van der Waals surface area contributed by atoms with E-state index in [1.807, 2.05) is 19.8 Å². The molecule has 4 heteroatoms. The Balaban J connectivity index is 2.51. The summed E-state index contributed by atoms with van der Waals surface area (Å²) in [6.45, 7) is 4.61. The van der Waals surface area contributed by atoms with E-state index in [4.69, 9.17) is 0 Å². The van der Waals surface area contributed by atoms with Crippen LogP contribution in [0.4, 0.5) is 4.79 Å². The van der Waals surface area contributed by atoms with E-state index in [9.17, 15) is 4.79 Å². The van der Waals surface area contributed by atoms with E-state index in [-0.39, 0.29) is 6.03 Å². The molecular formula is C5H11BN2O. The van der Waals surface area contributed by atoms with Gasteiger partial charge in [0.15, 0.2) is 0 Å². The predicted molar refractivity (Wildman–Crippen MR) is 37.9 cm³/mol. The van der Waals surface area contributed by atoms with Crippen molar-refractivity contribution in [1.82, 2.24) is 9.71 Å². The molecule has 50 valence electrons. The maximum Gasteiger partial charge on any atom is 0.307 e. The van der Waals surface area contributed by atoms with Gasteiger partial charge in [-0.25, -0.2) is 4.79 Å². The molecule has 0 aromatic carbocycles. The highest BCUT2D eigenvalue weighted by Crippen LogP contribution is 2.03. The second-order valence-corrected chi connectivity index (χ2v) is 2.28. The van der Waals surface area contributed by atoms with Crippen molar-refractivity contribution >= 4 is 14.0 Å². The van der Waals surface area contributed by atoms with Gasteiger partial charge >= 0.3 is 6.03 Å². The summed E-state index contributed by atoms with van der Waals surface area (Å²) in [5.41, 5.74) is 0. The molecule has 1 aliphatic heterocycles. The number of rotatable bonds is 1. The van der Waals surface area contributed by atoms with Crippen LogP contribution in [0.5, 0.6) is 0 Å². The van der Waals surface area contributed by atoms with Crippen LogP contribution in [0.15, 0.2) is 0 Å². The summed E-state index contributed by atoms with van der Waals surface area (Å²) in [6.07, 6.45) is 0. The second-order valence-electron chi connectivity index (χ2n) is 2.28. The van der Waals surface area contributed by atoms with Crippen molar-refractivity contribution in [3.63, 3.8) is 0 Å². The Morgan fingerprint density at radius 2 is 2.33 bits per heavy atom. The quantitative estimate of drug-likeness (QED) is 0.426. The molecule has 9 heavy (non-hydrogen) atoms. The van der Waals surface area contributed by atoms with Gasteiger partial charge in [-0.15, -0.1) is 0 Å². The van der Waals surface area contributed by atoms with Crippen LogP contribution in [0, 0.1) is 0 Å². The number of amides is 2. The summed E-state index contributed by atoms with van der Waals surface area (Å²) < 4.78 is 0. The van der Waals surface area contributed by atoms with Crippen molar-refractivity contribution in [3.05, 3.63) is 0 Å². The molecule has 1 rings (SSSR count). The Morgan fingerprint density at radius 3 is 2.56 bits per heavy atom. The van der Waals surface area contributed by atoms with Crippen LogP contribution < -0.4 is 0 Å². The van der Waals surface area contributed by atoms with E-state index in [0.29, 0.717) is 0 Å². The largest absolute Gasteiger partial charge is 0.374 e. The minimum absolute atomic E-state index is 0.164. The first kappa shape index (κ1) is 6.45. The van der Waals surface area contributed by atoms with Crippen molar-refractivity contribution in [1.29, 1.82) is 0 Å². The lowest BCUT2D eigenvalue weighted by Gasteiger charge is -2.12. The molecule has 0 spiro atoms. The lowest BCUT2D eigenvalue weighted by Crippen LogP contribution is -2.29. The molecule has 2 amide bonds. The van der Waals surface area contributed by atoms with Gasteiger partial charge in [0.2, 0.25) is 7.98 Å². The average molecular weight is 126 g/mol. The molecule has 0 saturated carbocycles. The Morgan fingerprint density at radius 1 is 1.67 bits per heavy atom. The van der Waals surface area contributed by atoms with Crippen LogP contribution >= 0.6 is 0 Å². The lowest BCUT2D eigenvalue weighted by molar-refractivity contribution is 0.209. The third-order valence-electron chi connectivity index (χ3n) is 1.68. The molecule has 0 atom stereocenters. The molecule has 0 aromatic heterocycles. The number of carbonyl (C=O) groups is 1. The fourth-order valence-electron chi connectivity index (χ4n) is 0.997. The zero-order chi connectivity index (χ0) is 6.85. The van der Waals surface area contributed by atoms with Crippen LogP contribution in [-0.2, 0) is 0 Å². The van der Waals surface area contributed by atoms with Crippen LogP contribution in [0.25, 0.3) is 0 Å². The lowest BCUT2D eigenvalue weighted by atomic mass is 10.3. The molecule has 0 radical (unpaired) electrons. The van der Waals surface area contributed by atoms with Crippen LogP contribution in [0.1, 0.15) is 6.92 Å². The Kier molecular flexibility index (Phi) is 1.64. The van der Waals surface area contributed by atoms with Gasteiger partial charge in [0.05, 0.1) is 0 Å². The zero-order valence-corrected chi connectivity index (χ0v) is 5.92. The van der Waals surface area contributed by atoms with E-state index >= 15 is 0 Å². The fourth-order valence-corrected chi connectivity index (χ4v) is 0.997. The third-order valence-corrected chi connectivity index (χ3v) is 1.68. The van der Waals surface area contributed by atoms with Crippen LogP contribution in [0.2, 0.25) is 0 Å². The van der Waals surface area contributed by atoms with Crippen molar-refractivity contribution in [2.24, 2.45) is 0 Å². The third kappa shape index (κ3) is 1.02. The van der Waals surface area contributed by atoms with Gasteiger partial charge in [-0.05, 0) is 6.92 Å². The highest BCUT2D eigenvalue weighted by atomic mass is 16.2. The molecule has 0 bridgehead atoms. The standard InChI is InChI=1S/C5H11BN2O/c1-2-7-3-4-8(6)5(7)9/h2-4,6H2,1H3. The second kappa shape index (κ2) is 2.29. The van der Waals surface area contributed by atoms with Gasteiger partial charge in [-0.1, -0.05) is 0 Å². The Hall–Kier alpha value is -0.665. The number of hydrogen-bond acceptors (Lipinski definition) is 1. The summed E-state index contributed by atoms with van der Waals surface area (Å²) in [6, 6.07) is 0.164. The van der Waals surface area contributed by atoms with E-state index < -0.39 is 0 Å². The van der Waals surface area contributed by atoms with E-state index in [0.717, 1.165) is 19.6 Å². The van der Waals surface area contributed by atoms with Gasteiger partial charge in [0.1, 0.15) is 0 Å². The van der Waals surface area contributed by atoms with Crippen molar-refractivity contribution < 1.29 is 4.79 Å². The number of likely N-dealkylation sites (N-methyl/N-ethyl adjacent to an activating group) is 1. The van der Waals surface area contributed by atoms with Crippen LogP contribution in [0.3, 0.4) is 0 Å². The summed E-state index contributed by atoms with van der Waals surface area (Å²) in [5, 5.41) is 0. The van der Waals surface area contributed by atoms with Gasteiger partial charge in [0.25, 0.3) is 0 Å². The first-order valence-corrected chi connectivity index (χ1v) is 3.25. The van der Waals surface area contributed by atoms with Gasteiger partial charge in [-0.3, -0.25) is 0 Å². The Labute approximate surface area is 56.0 Å². The highest BCUT2D eigenvalue weighted by Gasteiger charge is 2.22. The molecule has 3 nitrogen and oxygen atoms in total. The molecule has 0 aromatic rings. The summed E-state index contributed by atoms with van der Waals surface area (Å²) in [4.78, 5) is 14.6. The van der Waals surface area contributed by atoms with Gasteiger partial charge in [0, 0.05) is 19.6 Å². The maximum absolute atomic E-state index is 11.0. The maximum atomic E-state index is 11.0. The minimum Gasteiger partial charge on any atom is -0.374 e. The first-order valence-electron chi connectivity index (χ1n) is 3.25. The highest BCUT2D eigenvalue weighted by molar-refractivity contribution is 6.14. The molecule has 1 saturated heterocycles. The van der Waals surface area contributed by atoms with E-state index in [1.165, 1.54) is 0 Å². The SMILES string of the molecule is BN1CCN(CC)C1=O. The number of carbonyl (C=O) groups excluding carboxylic acids is 1. The summed E-state index contributed by atoms with van der Waals surface area (Å²) in [7, 11) is 1.83. The molecule has 1 fully saturated rings. The minimum atomic E-state index is 0.164.